The van der Waals surface area contributed by atoms with E-state index in [1.165, 1.54) is 17.0 Å². The Morgan fingerprint density at radius 1 is 1.02 bits per heavy atom. The molecule has 0 saturated carbocycles. The molecule has 0 aliphatic carbocycles. The molecule has 0 unspecified atom stereocenters. The lowest BCUT2D eigenvalue weighted by atomic mass is 9.92. The number of hydrogen-bond acceptors (Lipinski definition) is 5. The van der Waals surface area contributed by atoms with Crippen molar-refractivity contribution in [2.24, 2.45) is 0 Å². The van der Waals surface area contributed by atoms with Crippen molar-refractivity contribution in [3.05, 3.63) is 116 Å². The van der Waals surface area contributed by atoms with Crippen LogP contribution < -0.4 is 5.32 Å². The van der Waals surface area contributed by atoms with E-state index in [4.69, 9.17) is 16.7 Å². The maximum atomic E-state index is 13.6. The number of benzene rings is 3. The minimum Gasteiger partial charge on any atom is -0.325 e. The third kappa shape index (κ3) is 6.73. The third-order valence-corrected chi connectivity index (χ3v) is 6.57. The smallest absolute Gasteiger partial charge is 0.270 e. The Kier molecular flexibility index (Phi) is 8.35. The molecule has 40 heavy (non-hydrogen) atoms. The molecule has 4 rings (SSSR count). The summed E-state index contributed by atoms with van der Waals surface area (Å²) in [5.74, 6) is -0.489. The Balaban J connectivity index is 1.64. The van der Waals surface area contributed by atoms with E-state index in [-0.39, 0.29) is 34.8 Å². The van der Waals surface area contributed by atoms with Crippen molar-refractivity contribution in [3.8, 4) is 5.69 Å². The number of anilines is 1. The van der Waals surface area contributed by atoms with Gasteiger partial charge in [0.2, 0.25) is 5.91 Å². The SMILES string of the molecule is Cc1ccc(-n2nc(C(C)(C)C)cc2NC(=O)CN(Cc2ccccc2)C(=O)c2ccc([N+](=O)[O-])cc2Cl)cc1. The summed E-state index contributed by atoms with van der Waals surface area (Å²) in [6, 6.07) is 22.5. The topological polar surface area (TPSA) is 110 Å². The van der Waals surface area contributed by atoms with Gasteiger partial charge in [-0.15, -0.1) is 0 Å². The van der Waals surface area contributed by atoms with Gasteiger partial charge in [-0.1, -0.05) is 80.4 Å². The standard InChI is InChI=1S/C30H30ClN5O4/c1-20-10-12-22(13-11-20)35-27(17-26(33-35)30(2,3)4)32-28(37)19-34(18-21-8-6-5-7-9-21)29(38)24-15-14-23(36(39)40)16-25(24)31/h5-17H,18-19H2,1-4H3,(H,32,37). The number of hydrogen-bond donors (Lipinski definition) is 1. The van der Waals surface area contributed by atoms with Gasteiger partial charge in [0.1, 0.15) is 12.4 Å². The second-order valence-electron chi connectivity index (χ2n) is 10.5. The van der Waals surface area contributed by atoms with Gasteiger partial charge in [-0.25, -0.2) is 4.68 Å². The van der Waals surface area contributed by atoms with E-state index < -0.39 is 16.7 Å². The van der Waals surface area contributed by atoms with Gasteiger partial charge in [0.15, 0.2) is 0 Å². The van der Waals surface area contributed by atoms with Crippen molar-refractivity contribution < 1.29 is 14.5 Å². The zero-order chi connectivity index (χ0) is 29.0. The summed E-state index contributed by atoms with van der Waals surface area (Å²) >= 11 is 6.26. The zero-order valence-corrected chi connectivity index (χ0v) is 23.5. The Morgan fingerprint density at radius 2 is 1.70 bits per heavy atom. The van der Waals surface area contributed by atoms with Gasteiger partial charge in [-0.2, -0.15) is 5.10 Å². The van der Waals surface area contributed by atoms with Crippen LogP contribution in [0.3, 0.4) is 0 Å². The molecule has 1 aromatic heterocycles. The van der Waals surface area contributed by atoms with Gasteiger partial charge in [-0.3, -0.25) is 19.7 Å². The molecule has 0 aliphatic heterocycles. The summed E-state index contributed by atoms with van der Waals surface area (Å²) in [5.41, 5.74) is 3.05. The van der Waals surface area contributed by atoms with Crippen LogP contribution in [0.4, 0.5) is 11.5 Å². The molecule has 0 saturated heterocycles. The number of nitrogens with one attached hydrogen (secondary N) is 1. The van der Waals surface area contributed by atoms with Crippen molar-refractivity contribution in [1.82, 2.24) is 14.7 Å². The maximum absolute atomic E-state index is 13.6. The second-order valence-corrected chi connectivity index (χ2v) is 10.9. The number of nitro benzene ring substituents is 1. The van der Waals surface area contributed by atoms with E-state index in [0.29, 0.717) is 5.82 Å². The molecule has 0 bridgehead atoms. The molecule has 0 atom stereocenters. The van der Waals surface area contributed by atoms with Gasteiger partial charge in [0.05, 0.1) is 26.9 Å². The van der Waals surface area contributed by atoms with E-state index in [1.807, 2.05) is 88.4 Å². The minimum absolute atomic E-state index is 0.0649. The van der Waals surface area contributed by atoms with Crippen LogP contribution in [0.2, 0.25) is 5.02 Å². The van der Waals surface area contributed by atoms with Crippen molar-refractivity contribution >= 4 is 34.9 Å². The highest BCUT2D eigenvalue weighted by Crippen LogP contribution is 2.27. The fourth-order valence-electron chi connectivity index (χ4n) is 4.04. The van der Waals surface area contributed by atoms with E-state index in [9.17, 15) is 19.7 Å². The Hall–Kier alpha value is -4.50. The van der Waals surface area contributed by atoms with Crippen LogP contribution >= 0.6 is 11.6 Å². The molecular formula is C30H30ClN5O4. The van der Waals surface area contributed by atoms with Gasteiger partial charge in [-0.05, 0) is 30.7 Å². The highest BCUT2D eigenvalue weighted by molar-refractivity contribution is 6.34. The van der Waals surface area contributed by atoms with E-state index >= 15 is 0 Å². The van der Waals surface area contributed by atoms with E-state index in [0.717, 1.165) is 28.6 Å². The molecule has 2 amide bonds. The van der Waals surface area contributed by atoms with Crippen LogP contribution in [-0.4, -0.2) is 38.0 Å². The van der Waals surface area contributed by atoms with E-state index in [1.54, 1.807) is 4.68 Å². The van der Waals surface area contributed by atoms with Crippen molar-refractivity contribution in [1.29, 1.82) is 0 Å². The second kappa shape index (κ2) is 11.7. The average Bonchev–Trinajstić information content (AvgIpc) is 3.33. The summed E-state index contributed by atoms with van der Waals surface area (Å²) in [6.07, 6.45) is 0. The average molecular weight is 560 g/mol. The maximum Gasteiger partial charge on any atom is 0.270 e. The molecule has 0 radical (unpaired) electrons. The summed E-state index contributed by atoms with van der Waals surface area (Å²) in [4.78, 5) is 38.9. The lowest BCUT2D eigenvalue weighted by Gasteiger charge is -2.23. The number of rotatable bonds is 8. The molecule has 206 valence electrons. The first-order chi connectivity index (χ1) is 18.9. The molecule has 10 heteroatoms. The lowest BCUT2D eigenvalue weighted by molar-refractivity contribution is -0.384. The van der Waals surface area contributed by atoms with Crippen molar-refractivity contribution in [2.45, 2.75) is 39.7 Å². The molecule has 1 heterocycles. The molecule has 1 N–H and O–H groups in total. The molecule has 0 spiro atoms. The summed E-state index contributed by atoms with van der Waals surface area (Å²) in [6.45, 7) is 7.94. The first-order valence-corrected chi connectivity index (χ1v) is 13.0. The number of nitrogens with zero attached hydrogens (tertiary/aromatic N) is 4. The normalized spacial score (nSPS) is 11.2. The van der Waals surface area contributed by atoms with Gasteiger partial charge in [0, 0.05) is 30.2 Å². The summed E-state index contributed by atoms with van der Waals surface area (Å²) in [5, 5.41) is 18.7. The number of amides is 2. The number of carbonyl (C=O) groups excluding carboxylic acids is 2. The van der Waals surface area contributed by atoms with Crippen LogP contribution in [0.25, 0.3) is 5.69 Å². The lowest BCUT2D eigenvalue weighted by Crippen LogP contribution is -2.38. The number of nitro groups is 1. The number of carbonyl (C=O) groups is 2. The van der Waals surface area contributed by atoms with E-state index in [2.05, 4.69) is 5.32 Å². The number of non-ortho nitro benzene ring substituents is 1. The van der Waals surface area contributed by atoms with Crippen molar-refractivity contribution in [2.75, 3.05) is 11.9 Å². The monoisotopic (exact) mass is 559 g/mol. The van der Waals surface area contributed by atoms with Crippen LogP contribution in [0.1, 0.15) is 48.0 Å². The quantitative estimate of drug-likeness (QED) is 0.200. The van der Waals surface area contributed by atoms with Crippen LogP contribution in [0.5, 0.6) is 0 Å². The first-order valence-electron chi connectivity index (χ1n) is 12.7. The minimum atomic E-state index is -0.585. The van der Waals surface area contributed by atoms with Crippen LogP contribution in [0, 0.1) is 17.0 Å². The van der Waals surface area contributed by atoms with Gasteiger partial charge >= 0.3 is 0 Å². The molecule has 0 aliphatic rings. The summed E-state index contributed by atoms with van der Waals surface area (Å²) < 4.78 is 1.68. The van der Waals surface area contributed by atoms with Crippen LogP contribution in [-0.2, 0) is 16.8 Å². The van der Waals surface area contributed by atoms with Crippen LogP contribution in [0.15, 0.2) is 78.9 Å². The fourth-order valence-corrected chi connectivity index (χ4v) is 4.30. The number of aromatic nitrogens is 2. The highest BCUT2D eigenvalue weighted by atomic mass is 35.5. The predicted octanol–water partition coefficient (Wildman–Crippen LogP) is 6.32. The Morgan fingerprint density at radius 3 is 2.30 bits per heavy atom. The van der Waals surface area contributed by atoms with Crippen molar-refractivity contribution in [3.63, 3.8) is 0 Å². The predicted molar refractivity (Wildman–Crippen MR) is 155 cm³/mol. The number of aryl methyl sites for hydroxylation is 1. The molecule has 4 aromatic rings. The highest BCUT2D eigenvalue weighted by Gasteiger charge is 2.25. The zero-order valence-electron chi connectivity index (χ0n) is 22.7. The van der Waals surface area contributed by atoms with Gasteiger partial charge in [0.25, 0.3) is 11.6 Å². The van der Waals surface area contributed by atoms with Gasteiger partial charge < -0.3 is 10.2 Å². The molecule has 3 aromatic carbocycles. The Bertz CT molecular complexity index is 1540. The third-order valence-electron chi connectivity index (χ3n) is 6.26. The fraction of sp³-hybridized carbons (Fsp3) is 0.233. The molecule has 9 nitrogen and oxygen atoms in total. The summed E-state index contributed by atoms with van der Waals surface area (Å²) in [7, 11) is 0. The largest absolute Gasteiger partial charge is 0.325 e. The molecular weight excluding hydrogens is 530 g/mol. The number of halogens is 1. The molecule has 0 fully saturated rings. The Labute approximate surface area is 237 Å². The first kappa shape index (κ1) is 28.5.